The number of benzene rings is 2. The van der Waals surface area contributed by atoms with Gasteiger partial charge >= 0.3 is 0 Å². The van der Waals surface area contributed by atoms with Crippen LogP contribution in [0.4, 0.5) is 0 Å². The van der Waals surface area contributed by atoms with E-state index in [2.05, 4.69) is 31.1 Å². The standard InChI is InChI=1S/C17H13BrN4O/c1-22-10-19-14-8-12(6-7-15(14)22)17-20-16(23-21-17)9-11-4-2-3-5-13(11)18/h2-8,10H,9H2,1H3. The Hall–Kier alpha value is -2.47. The van der Waals surface area contributed by atoms with E-state index in [0.29, 0.717) is 18.1 Å². The molecule has 5 nitrogen and oxygen atoms in total. The van der Waals surface area contributed by atoms with Crippen molar-refractivity contribution < 1.29 is 4.52 Å². The number of fused-ring (bicyclic) bond motifs is 1. The molecule has 0 spiro atoms. The number of imidazole rings is 1. The SMILES string of the molecule is Cn1cnc2cc(-c3noc(Cc4ccccc4Br)n3)ccc21. The molecule has 0 aliphatic carbocycles. The maximum absolute atomic E-state index is 5.39. The lowest BCUT2D eigenvalue weighted by atomic mass is 10.1. The van der Waals surface area contributed by atoms with E-state index in [4.69, 9.17) is 4.52 Å². The molecule has 0 radical (unpaired) electrons. The maximum Gasteiger partial charge on any atom is 0.231 e. The van der Waals surface area contributed by atoms with E-state index in [1.807, 2.05) is 54.1 Å². The average molecular weight is 369 g/mol. The van der Waals surface area contributed by atoms with Gasteiger partial charge in [-0.15, -0.1) is 0 Å². The zero-order valence-corrected chi connectivity index (χ0v) is 14.0. The Morgan fingerprint density at radius 1 is 1.17 bits per heavy atom. The Morgan fingerprint density at radius 3 is 2.91 bits per heavy atom. The van der Waals surface area contributed by atoms with Gasteiger partial charge in [0.05, 0.1) is 23.8 Å². The molecule has 0 N–H and O–H groups in total. The average Bonchev–Trinajstić information content (AvgIpc) is 3.17. The monoisotopic (exact) mass is 368 g/mol. The molecule has 0 unspecified atom stereocenters. The molecule has 0 saturated heterocycles. The molecule has 114 valence electrons. The quantitative estimate of drug-likeness (QED) is 0.548. The summed E-state index contributed by atoms with van der Waals surface area (Å²) in [5.41, 5.74) is 4.01. The van der Waals surface area contributed by atoms with Crippen molar-refractivity contribution in [2.75, 3.05) is 0 Å². The smallest absolute Gasteiger partial charge is 0.231 e. The van der Waals surface area contributed by atoms with Crippen LogP contribution in [-0.4, -0.2) is 19.7 Å². The third kappa shape index (κ3) is 2.66. The minimum Gasteiger partial charge on any atom is -0.339 e. The summed E-state index contributed by atoms with van der Waals surface area (Å²) in [5.74, 6) is 1.17. The summed E-state index contributed by atoms with van der Waals surface area (Å²) in [6.07, 6.45) is 2.39. The van der Waals surface area contributed by atoms with Crippen molar-refractivity contribution in [1.82, 2.24) is 19.7 Å². The molecule has 6 heteroatoms. The Morgan fingerprint density at radius 2 is 2.04 bits per heavy atom. The molecule has 0 aliphatic heterocycles. The number of halogens is 1. The fourth-order valence-corrected chi connectivity index (χ4v) is 2.95. The third-order valence-electron chi connectivity index (χ3n) is 3.75. The topological polar surface area (TPSA) is 56.7 Å². The summed E-state index contributed by atoms with van der Waals surface area (Å²) in [5, 5.41) is 4.09. The van der Waals surface area contributed by atoms with Crippen molar-refractivity contribution in [3.8, 4) is 11.4 Å². The molecule has 2 heterocycles. The van der Waals surface area contributed by atoms with Crippen LogP contribution in [0.5, 0.6) is 0 Å². The second-order valence-corrected chi connectivity index (χ2v) is 6.19. The van der Waals surface area contributed by atoms with Crippen molar-refractivity contribution in [1.29, 1.82) is 0 Å². The van der Waals surface area contributed by atoms with E-state index in [0.717, 1.165) is 26.6 Å². The molecule has 0 bridgehead atoms. The number of hydrogen-bond donors (Lipinski definition) is 0. The van der Waals surface area contributed by atoms with Crippen LogP contribution < -0.4 is 0 Å². The fraction of sp³-hybridized carbons (Fsp3) is 0.118. The molecule has 2 aromatic heterocycles. The van der Waals surface area contributed by atoms with Gasteiger partial charge in [0.25, 0.3) is 0 Å². The highest BCUT2D eigenvalue weighted by Crippen LogP contribution is 2.23. The molecule has 23 heavy (non-hydrogen) atoms. The number of aromatic nitrogens is 4. The van der Waals surface area contributed by atoms with E-state index >= 15 is 0 Å². The predicted octanol–water partition coefficient (Wildman–Crippen LogP) is 3.98. The first-order valence-electron chi connectivity index (χ1n) is 7.18. The molecule has 4 rings (SSSR count). The molecule has 0 aliphatic rings. The normalized spacial score (nSPS) is 11.2. The van der Waals surface area contributed by atoms with Crippen molar-refractivity contribution in [3.05, 3.63) is 64.7 Å². The largest absolute Gasteiger partial charge is 0.339 e. The number of hydrogen-bond acceptors (Lipinski definition) is 4. The van der Waals surface area contributed by atoms with Crippen molar-refractivity contribution in [3.63, 3.8) is 0 Å². The Labute approximate surface area is 141 Å². The molecule has 2 aromatic carbocycles. The van der Waals surface area contributed by atoms with Crippen LogP contribution in [0.15, 0.2) is 57.8 Å². The minimum absolute atomic E-state index is 0.583. The number of aryl methyl sites for hydroxylation is 1. The lowest BCUT2D eigenvalue weighted by Gasteiger charge is -1.99. The predicted molar refractivity (Wildman–Crippen MR) is 91.0 cm³/mol. The molecule has 0 fully saturated rings. The molecular formula is C17H13BrN4O. The van der Waals surface area contributed by atoms with E-state index in [9.17, 15) is 0 Å². The van der Waals surface area contributed by atoms with Gasteiger partial charge in [-0.3, -0.25) is 0 Å². The second-order valence-electron chi connectivity index (χ2n) is 5.34. The van der Waals surface area contributed by atoms with Crippen LogP contribution in [0, 0.1) is 0 Å². The van der Waals surface area contributed by atoms with Crippen LogP contribution >= 0.6 is 15.9 Å². The first kappa shape index (κ1) is 14.1. The summed E-state index contributed by atoms with van der Waals surface area (Å²) < 4.78 is 8.40. The van der Waals surface area contributed by atoms with E-state index in [1.54, 1.807) is 6.33 Å². The summed E-state index contributed by atoms with van der Waals surface area (Å²) in [6, 6.07) is 14.0. The van der Waals surface area contributed by atoms with Gasteiger partial charge in [0, 0.05) is 17.1 Å². The molecule has 0 amide bonds. The van der Waals surface area contributed by atoms with Gasteiger partial charge in [0.15, 0.2) is 0 Å². The van der Waals surface area contributed by atoms with Gasteiger partial charge in [-0.2, -0.15) is 4.98 Å². The van der Waals surface area contributed by atoms with E-state index < -0.39 is 0 Å². The van der Waals surface area contributed by atoms with Gasteiger partial charge in [-0.05, 0) is 29.8 Å². The minimum atomic E-state index is 0.583. The zero-order chi connectivity index (χ0) is 15.8. The number of rotatable bonds is 3. The lowest BCUT2D eigenvalue weighted by Crippen LogP contribution is -1.90. The Bertz CT molecular complexity index is 989. The van der Waals surface area contributed by atoms with Crippen LogP contribution in [-0.2, 0) is 13.5 Å². The second kappa shape index (κ2) is 5.62. The molecule has 4 aromatic rings. The Balaban J connectivity index is 1.65. The Kier molecular flexibility index (Phi) is 3.46. The summed E-state index contributed by atoms with van der Waals surface area (Å²) in [7, 11) is 1.97. The van der Waals surface area contributed by atoms with E-state index in [1.165, 1.54) is 0 Å². The van der Waals surface area contributed by atoms with Crippen LogP contribution in [0.2, 0.25) is 0 Å². The maximum atomic E-state index is 5.39. The summed E-state index contributed by atoms with van der Waals surface area (Å²) in [4.78, 5) is 8.86. The summed E-state index contributed by atoms with van der Waals surface area (Å²) in [6.45, 7) is 0. The van der Waals surface area contributed by atoms with E-state index in [-0.39, 0.29) is 0 Å². The van der Waals surface area contributed by atoms with Gasteiger partial charge < -0.3 is 9.09 Å². The first-order chi connectivity index (χ1) is 11.2. The summed E-state index contributed by atoms with van der Waals surface area (Å²) >= 11 is 3.53. The third-order valence-corrected chi connectivity index (χ3v) is 4.52. The molecule has 0 atom stereocenters. The first-order valence-corrected chi connectivity index (χ1v) is 7.97. The van der Waals surface area contributed by atoms with Crippen molar-refractivity contribution in [2.24, 2.45) is 7.05 Å². The van der Waals surface area contributed by atoms with Crippen LogP contribution in [0.1, 0.15) is 11.5 Å². The van der Waals surface area contributed by atoms with Gasteiger partial charge in [-0.25, -0.2) is 4.98 Å². The lowest BCUT2D eigenvalue weighted by molar-refractivity contribution is 0.385. The van der Waals surface area contributed by atoms with Gasteiger partial charge in [0.1, 0.15) is 0 Å². The van der Waals surface area contributed by atoms with Gasteiger partial charge in [-0.1, -0.05) is 39.3 Å². The molecular weight excluding hydrogens is 356 g/mol. The number of nitrogens with zero attached hydrogens (tertiary/aromatic N) is 4. The highest BCUT2D eigenvalue weighted by Gasteiger charge is 2.12. The zero-order valence-electron chi connectivity index (χ0n) is 12.4. The molecule has 0 saturated carbocycles. The highest BCUT2D eigenvalue weighted by atomic mass is 79.9. The van der Waals surface area contributed by atoms with Crippen LogP contribution in [0.3, 0.4) is 0 Å². The van der Waals surface area contributed by atoms with Gasteiger partial charge in [0.2, 0.25) is 11.7 Å². The highest BCUT2D eigenvalue weighted by molar-refractivity contribution is 9.10. The van der Waals surface area contributed by atoms with Crippen molar-refractivity contribution >= 4 is 27.0 Å². The van der Waals surface area contributed by atoms with Crippen LogP contribution in [0.25, 0.3) is 22.4 Å². The fourth-order valence-electron chi connectivity index (χ4n) is 2.52. The van der Waals surface area contributed by atoms with Crippen molar-refractivity contribution in [2.45, 2.75) is 6.42 Å².